The van der Waals surface area contributed by atoms with E-state index in [0.717, 1.165) is 18.5 Å². The van der Waals surface area contributed by atoms with E-state index >= 15 is 0 Å². The Labute approximate surface area is 120 Å². The predicted molar refractivity (Wildman–Crippen MR) is 77.4 cm³/mol. The summed E-state index contributed by atoms with van der Waals surface area (Å²) in [6, 6.07) is 1.99. The molecule has 5 heteroatoms. The quantitative estimate of drug-likeness (QED) is 0.858. The molecule has 2 N–H and O–H groups in total. The Hall–Kier alpha value is -1.07. The summed E-state index contributed by atoms with van der Waals surface area (Å²) in [4.78, 5) is 0. The fourth-order valence-corrected chi connectivity index (χ4v) is 3.38. The number of nitrogens with zero attached hydrogens (tertiary/aromatic N) is 2. The Morgan fingerprint density at radius 2 is 2.00 bits per heavy atom. The number of aromatic nitrogens is 2. The van der Waals surface area contributed by atoms with E-state index in [9.17, 15) is 0 Å². The molecule has 0 aromatic carbocycles. The number of ether oxygens (including phenoxy) is 2. The van der Waals surface area contributed by atoms with Crippen molar-refractivity contribution in [3.8, 4) is 0 Å². The van der Waals surface area contributed by atoms with Gasteiger partial charge in [0.1, 0.15) is 5.82 Å². The predicted octanol–water partition coefficient (Wildman–Crippen LogP) is 2.62. The lowest BCUT2D eigenvalue weighted by molar-refractivity contribution is -0.153. The van der Waals surface area contributed by atoms with Gasteiger partial charge >= 0.3 is 0 Å². The standard InChI is InChI=1S/C15H25N3O2/c1-14(2,3)18-12(16)8-10(17-18)9-6-7-11-13(9)20-15(4,5)19-11/h8-9,11,13H,6-7,16H2,1-5H3/t9-,11+,13-/m0/s1. The lowest BCUT2D eigenvalue weighted by Crippen LogP contribution is -2.26. The number of fused-ring (bicyclic) bond motifs is 1. The Bertz CT molecular complexity index is 516. The van der Waals surface area contributed by atoms with Gasteiger partial charge in [0.2, 0.25) is 0 Å². The second-order valence-electron chi connectivity index (χ2n) is 7.40. The van der Waals surface area contributed by atoms with Crippen molar-refractivity contribution in [2.75, 3.05) is 5.73 Å². The van der Waals surface area contributed by atoms with Crippen molar-refractivity contribution in [2.24, 2.45) is 0 Å². The van der Waals surface area contributed by atoms with E-state index in [1.807, 2.05) is 24.6 Å². The smallest absolute Gasteiger partial charge is 0.163 e. The van der Waals surface area contributed by atoms with Gasteiger partial charge in [0.05, 0.1) is 23.4 Å². The monoisotopic (exact) mass is 279 g/mol. The van der Waals surface area contributed by atoms with E-state index < -0.39 is 5.79 Å². The van der Waals surface area contributed by atoms with Crippen LogP contribution in [0.5, 0.6) is 0 Å². The second kappa shape index (κ2) is 4.21. The van der Waals surface area contributed by atoms with Crippen LogP contribution in [0.15, 0.2) is 6.07 Å². The maximum absolute atomic E-state index is 6.11. The van der Waals surface area contributed by atoms with E-state index in [-0.39, 0.29) is 23.7 Å². The van der Waals surface area contributed by atoms with Crippen molar-refractivity contribution in [2.45, 2.75) is 76.9 Å². The molecule has 0 unspecified atom stereocenters. The molecule has 1 aromatic rings. The number of hydrogen-bond acceptors (Lipinski definition) is 4. The van der Waals surface area contributed by atoms with Gasteiger partial charge in [-0.05, 0) is 47.5 Å². The molecule has 3 atom stereocenters. The summed E-state index contributed by atoms with van der Waals surface area (Å²) < 4.78 is 13.9. The van der Waals surface area contributed by atoms with E-state index in [2.05, 4.69) is 20.8 Å². The lowest BCUT2D eigenvalue weighted by Gasteiger charge is -2.22. The summed E-state index contributed by atoms with van der Waals surface area (Å²) in [6.07, 6.45) is 2.37. The average Bonchev–Trinajstić information content (AvgIpc) is 2.88. The molecule has 1 aliphatic carbocycles. The summed E-state index contributed by atoms with van der Waals surface area (Å²) in [5.74, 6) is 0.522. The van der Waals surface area contributed by atoms with Crippen LogP contribution in [0, 0.1) is 0 Å². The van der Waals surface area contributed by atoms with Gasteiger partial charge in [-0.3, -0.25) is 0 Å². The first kappa shape index (κ1) is 13.9. The van der Waals surface area contributed by atoms with E-state index in [1.165, 1.54) is 0 Å². The molecule has 1 aliphatic heterocycles. The summed E-state index contributed by atoms with van der Waals surface area (Å²) in [5, 5.41) is 4.73. The molecule has 20 heavy (non-hydrogen) atoms. The van der Waals surface area contributed by atoms with Gasteiger partial charge in [-0.1, -0.05) is 0 Å². The minimum atomic E-state index is -0.480. The van der Waals surface area contributed by atoms with Crippen LogP contribution >= 0.6 is 0 Å². The summed E-state index contributed by atoms with van der Waals surface area (Å²) in [7, 11) is 0. The molecule has 2 heterocycles. The Balaban J connectivity index is 1.88. The van der Waals surface area contributed by atoms with Gasteiger partial charge in [0.25, 0.3) is 0 Å². The highest BCUT2D eigenvalue weighted by atomic mass is 16.8. The largest absolute Gasteiger partial charge is 0.384 e. The molecule has 5 nitrogen and oxygen atoms in total. The maximum Gasteiger partial charge on any atom is 0.163 e. The molecule has 1 saturated heterocycles. The summed E-state index contributed by atoms with van der Waals surface area (Å²) in [5.41, 5.74) is 7.04. The van der Waals surface area contributed by atoms with E-state index in [1.54, 1.807) is 0 Å². The van der Waals surface area contributed by atoms with E-state index in [4.69, 9.17) is 20.3 Å². The first-order valence-corrected chi connectivity index (χ1v) is 7.39. The Kier molecular flexibility index (Phi) is 2.93. The average molecular weight is 279 g/mol. The third kappa shape index (κ3) is 2.23. The van der Waals surface area contributed by atoms with Gasteiger partial charge in [0.15, 0.2) is 5.79 Å². The van der Waals surface area contributed by atoms with Crippen molar-refractivity contribution in [3.05, 3.63) is 11.8 Å². The van der Waals surface area contributed by atoms with E-state index in [0.29, 0.717) is 5.82 Å². The molecule has 1 saturated carbocycles. The zero-order valence-electron chi connectivity index (χ0n) is 13.0. The normalized spacial score (nSPS) is 32.5. The summed E-state index contributed by atoms with van der Waals surface area (Å²) >= 11 is 0. The van der Waals surface area contributed by atoms with Crippen LogP contribution in [0.3, 0.4) is 0 Å². The highest BCUT2D eigenvalue weighted by molar-refractivity contribution is 5.34. The lowest BCUT2D eigenvalue weighted by atomic mass is 10.0. The minimum absolute atomic E-state index is 0.104. The zero-order valence-corrected chi connectivity index (χ0v) is 13.0. The van der Waals surface area contributed by atoms with Gasteiger partial charge in [-0.25, -0.2) is 4.68 Å². The molecular weight excluding hydrogens is 254 g/mol. The van der Waals surface area contributed by atoms with Crippen LogP contribution in [0.1, 0.15) is 59.1 Å². The molecular formula is C15H25N3O2. The molecule has 0 amide bonds. The van der Waals surface area contributed by atoms with Crippen LogP contribution in [-0.2, 0) is 15.0 Å². The van der Waals surface area contributed by atoms with Crippen LogP contribution < -0.4 is 5.73 Å². The molecule has 2 aliphatic rings. The number of nitrogen functional groups attached to an aromatic ring is 1. The van der Waals surface area contributed by atoms with Crippen molar-refractivity contribution < 1.29 is 9.47 Å². The van der Waals surface area contributed by atoms with Crippen LogP contribution in [-0.4, -0.2) is 27.8 Å². The summed E-state index contributed by atoms with van der Waals surface area (Å²) in [6.45, 7) is 10.3. The van der Waals surface area contributed by atoms with Crippen molar-refractivity contribution in [3.63, 3.8) is 0 Å². The third-order valence-corrected chi connectivity index (χ3v) is 4.15. The van der Waals surface area contributed by atoms with Gasteiger partial charge in [-0.2, -0.15) is 5.10 Å². The first-order chi connectivity index (χ1) is 9.17. The van der Waals surface area contributed by atoms with Crippen molar-refractivity contribution >= 4 is 5.82 Å². The fraction of sp³-hybridized carbons (Fsp3) is 0.800. The van der Waals surface area contributed by atoms with Crippen molar-refractivity contribution in [1.29, 1.82) is 0 Å². The van der Waals surface area contributed by atoms with Gasteiger partial charge in [-0.15, -0.1) is 0 Å². The van der Waals surface area contributed by atoms with Crippen LogP contribution in [0.25, 0.3) is 0 Å². The molecule has 3 rings (SSSR count). The Morgan fingerprint density at radius 1 is 1.30 bits per heavy atom. The molecule has 112 valence electrons. The number of hydrogen-bond donors (Lipinski definition) is 1. The van der Waals surface area contributed by atoms with Crippen LogP contribution in [0.2, 0.25) is 0 Å². The fourth-order valence-electron chi connectivity index (χ4n) is 3.38. The Morgan fingerprint density at radius 3 is 2.60 bits per heavy atom. The third-order valence-electron chi connectivity index (χ3n) is 4.15. The molecule has 2 fully saturated rings. The van der Waals surface area contributed by atoms with Gasteiger partial charge < -0.3 is 15.2 Å². The molecule has 0 radical (unpaired) electrons. The highest BCUT2D eigenvalue weighted by Gasteiger charge is 2.50. The van der Waals surface area contributed by atoms with Gasteiger partial charge in [0, 0.05) is 12.0 Å². The number of rotatable bonds is 1. The maximum atomic E-state index is 6.11. The van der Waals surface area contributed by atoms with Crippen molar-refractivity contribution in [1.82, 2.24) is 9.78 Å². The molecule has 0 bridgehead atoms. The number of anilines is 1. The first-order valence-electron chi connectivity index (χ1n) is 7.39. The zero-order chi connectivity index (χ0) is 14.7. The second-order valence-corrected chi connectivity index (χ2v) is 7.40. The topological polar surface area (TPSA) is 62.3 Å². The highest BCUT2D eigenvalue weighted by Crippen LogP contribution is 2.46. The SMILES string of the molecule is CC1(C)O[C@@H]2[C@@H](CC[C@H]2c2cc(N)n(C(C)(C)C)n2)O1. The van der Waals surface area contributed by atoms with Crippen LogP contribution in [0.4, 0.5) is 5.82 Å². The molecule has 1 aromatic heterocycles. The molecule has 0 spiro atoms. The number of nitrogens with two attached hydrogens (primary N) is 1. The minimum Gasteiger partial charge on any atom is -0.384 e.